The van der Waals surface area contributed by atoms with E-state index < -0.39 is 86.6 Å². The van der Waals surface area contributed by atoms with Gasteiger partial charge in [0.25, 0.3) is 11.7 Å². The number of amides is 1. The van der Waals surface area contributed by atoms with Crippen molar-refractivity contribution in [3.05, 3.63) is 47.6 Å². The molecular weight excluding hydrogens is 923 g/mol. The Bertz CT molecular complexity index is 1880. The number of fused-ring (bicyclic) bond motifs is 3. The minimum atomic E-state index is -2.42. The molecule has 15 heteroatoms. The maximum atomic E-state index is 14.5. The van der Waals surface area contributed by atoms with Gasteiger partial charge in [0.1, 0.15) is 30.1 Å². The number of cyclic esters (lactones) is 1. The van der Waals surface area contributed by atoms with Crippen molar-refractivity contribution in [2.45, 2.75) is 206 Å². The summed E-state index contributed by atoms with van der Waals surface area (Å²) in [5, 5.41) is 23.5. The van der Waals surface area contributed by atoms with Gasteiger partial charge in [0.15, 0.2) is 5.78 Å². The van der Waals surface area contributed by atoms with Gasteiger partial charge in [0.2, 0.25) is 5.79 Å². The largest absolute Gasteiger partial charge is 0.460 e. The van der Waals surface area contributed by atoms with E-state index in [2.05, 4.69) is 13.1 Å². The van der Waals surface area contributed by atoms with Crippen molar-refractivity contribution in [1.29, 1.82) is 0 Å². The first-order valence-corrected chi connectivity index (χ1v) is 29.9. The molecule has 1 amide bonds. The molecule has 0 aromatic carbocycles. The number of methoxy groups -OCH3 is 3. The SMILES string of the molecule is CO[C@H]1C[C@@H]2CC[C@@H](C)[C@@](O)(O2)C(=O)C(=O)N2CCCC[C@H]2C(=O)O[C@H](C(C)C[C@@H]2CC[C@@H](OCCC[SiH](C)C)[C@H](OC)C2)CC(=O)[C@H](C)/C=C(\C)[C@@H](O)[C@@H](OC)C(=O)[C@H](C)C[C@H](C)/C=C/C=CC=C1C. The fourth-order valence-electron chi connectivity index (χ4n) is 11.0. The Kier molecular flexibility index (Phi) is 24.7. The summed E-state index contributed by atoms with van der Waals surface area (Å²) in [6.07, 6.45) is 14.0. The van der Waals surface area contributed by atoms with E-state index in [9.17, 15) is 34.2 Å². The molecule has 71 heavy (non-hydrogen) atoms. The number of allylic oxidation sites excluding steroid dienone is 6. The third-order valence-electron chi connectivity index (χ3n) is 15.7. The van der Waals surface area contributed by atoms with Gasteiger partial charge in [-0.15, -0.1) is 0 Å². The third-order valence-corrected chi connectivity index (χ3v) is 17.3. The van der Waals surface area contributed by atoms with Gasteiger partial charge in [-0.3, -0.25) is 19.2 Å². The van der Waals surface area contributed by atoms with E-state index in [4.69, 9.17) is 28.4 Å². The highest BCUT2D eigenvalue weighted by Crippen LogP contribution is 2.38. The average molecular weight is 1010 g/mol. The molecule has 15 atom stereocenters. The lowest BCUT2D eigenvalue weighted by molar-refractivity contribution is -0.265. The van der Waals surface area contributed by atoms with E-state index >= 15 is 0 Å². The van der Waals surface area contributed by atoms with Crippen molar-refractivity contribution in [3.8, 4) is 0 Å². The van der Waals surface area contributed by atoms with Crippen LogP contribution in [0.15, 0.2) is 47.6 Å². The van der Waals surface area contributed by atoms with Gasteiger partial charge in [0.05, 0.1) is 24.4 Å². The van der Waals surface area contributed by atoms with Gasteiger partial charge in [0, 0.05) is 73.9 Å². The van der Waals surface area contributed by atoms with E-state index in [0.717, 1.165) is 31.3 Å². The van der Waals surface area contributed by atoms with Crippen LogP contribution in [-0.2, 0) is 52.4 Å². The van der Waals surface area contributed by atoms with Crippen molar-refractivity contribution in [2.75, 3.05) is 34.5 Å². The molecule has 0 radical (unpaired) electrons. The number of ether oxygens (including phenoxy) is 6. The van der Waals surface area contributed by atoms with Crippen molar-refractivity contribution < 1.29 is 62.6 Å². The van der Waals surface area contributed by atoms with Crippen LogP contribution in [0.25, 0.3) is 0 Å². The number of aliphatic hydroxyl groups is 2. The van der Waals surface area contributed by atoms with Crippen LogP contribution in [0.3, 0.4) is 0 Å². The van der Waals surface area contributed by atoms with E-state index in [-0.39, 0.29) is 60.9 Å². The Morgan fingerprint density at radius 3 is 2.27 bits per heavy atom. The number of ketones is 3. The Balaban J connectivity index is 1.67. The Hall–Kier alpha value is -3.15. The summed E-state index contributed by atoms with van der Waals surface area (Å²) in [6.45, 7) is 18.3. The van der Waals surface area contributed by atoms with E-state index in [1.165, 1.54) is 18.1 Å². The zero-order chi connectivity index (χ0) is 52.6. The standard InChI is InChI=1S/C56H91NO13Si/c1-35-19-14-13-15-20-36(2)47(65-8)33-43-24-22-41(7)56(64,70-43)53(61)54(62)57-26-17-16-21-44(57)55(63)69-48(34-45(58)37(3)30-40(6)51(60)52(67-10)50(59)39(5)29-35)38(4)31-42-23-25-46(49(32-42)66-9)68-27-18-28-71(11)12/h13-15,19-20,30,35,37-39,41-44,46-49,51-52,60,64,71H,16-18,21-29,31-34H2,1-12H3/b15-13?,19-14+,36-20?,40-30+/t35-,37-,38?,39-,41-,42+,43+,44+,46-,47+,48+,49-,51-,52+,56-/m1/s1. The molecule has 3 fully saturated rings. The topological polar surface area (TPSA) is 184 Å². The number of Topliss-reactive ketones (excluding diaryl/α,β-unsaturated/α-hetero) is 3. The predicted octanol–water partition coefficient (Wildman–Crippen LogP) is 8.08. The molecule has 4 aliphatic rings. The number of esters is 1. The summed E-state index contributed by atoms with van der Waals surface area (Å²) in [5.74, 6) is -7.69. The van der Waals surface area contributed by atoms with E-state index in [0.29, 0.717) is 57.1 Å². The number of carbonyl (C=O) groups is 5. The summed E-state index contributed by atoms with van der Waals surface area (Å²) >= 11 is 0. The van der Waals surface area contributed by atoms with Crippen LogP contribution in [0.2, 0.25) is 19.1 Å². The van der Waals surface area contributed by atoms with Crippen molar-refractivity contribution >= 4 is 38.0 Å². The number of hydrogen-bond donors (Lipinski definition) is 2. The van der Waals surface area contributed by atoms with Gasteiger partial charge in [-0.2, -0.15) is 0 Å². The average Bonchev–Trinajstić information content (AvgIpc) is 3.34. The molecule has 3 aliphatic heterocycles. The number of carbonyl (C=O) groups excluding carboxylic acids is 5. The highest BCUT2D eigenvalue weighted by atomic mass is 28.3. The van der Waals surface area contributed by atoms with Gasteiger partial charge >= 0.3 is 5.97 Å². The predicted molar refractivity (Wildman–Crippen MR) is 277 cm³/mol. The van der Waals surface area contributed by atoms with Crippen LogP contribution in [0.4, 0.5) is 0 Å². The maximum absolute atomic E-state index is 14.5. The highest BCUT2D eigenvalue weighted by molar-refractivity contribution is 6.55. The summed E-state index contributed by atoms with van der Waals surface area (Å²) < 4.78 is 36.3. The van der Waals surface area contributed by atoms with Crippen LogP contribution in [0, 0.1) is 35.5 Å². The lowest BCUT2D eigenvalue weighted by atomic mass is 9.78. The van der Waals surface area contributed by atoms with E-state index in [1.807, 2.05) is 58.1 Å². The van der Waals surface area contributed by atoms with Crippen LogP contribution in [0.1, 0.15) is 132 Å². The molecule has 2 saturated heterocycles. The molecule has 14 nitrogen and oxygen atoms in total. The zero-order valence-electron chi connectivity index (χ0n) is 45.3. The first-order chi connectivity index (χ1) is 33.6. The molecule has 0 spiro atoms. The quantitative estimate of drug-likeness (QED) is 0.0667. The van der Waals surface area contributed by atoms with Gasteiger partial charge in [-0.25, -0.2) is 4.79 Å². The highest BCUT2D eigenvalue weighted by Gasteiger charge is 2.53. The molecular formula is C56H91NO13Si. The Morgan fingerprint density at radius 1 is 0.859 bits per heavy atom. The fraction of sp³-hybridized carbons (Fsp3) is 0.768. The molecule has 1 aliphatic carbocycles. The summed E-state index contributed by atoms with van der Waals surface area (Å²) in [6, 6.07) is 0.105. The number of hydrogen-bond acceptors (Lipinski definition) is 13. The third kappa shape index (κ3) is 17.2. The second kappa shape index (κ2) is 29.1. The molecule has 3 heterocycles. The van der Waals surface area contributed by atoms with Gasteiger partial charge in [-0.1, -0.05) is 90.2 Å². The second-order valence-corrected chi connectivity index (χ2v) is 25.3. The number of piperidine rings is 1. The van der Waals surface area contributed by atoms with Crippen LogP contribution >= 0.6 is 0 Å². The normalized spacial score (nSPS) is 36.9. The van der Waals surface area contributed by atoms with Crippen LogP contribution < -0.4 is 0 Å². The Morgan fingerprint density at radius 2 is 1.59 bits per heavy atom. The summed E-state index contributed by atoms with van der Waals surface area (Å²) in [5.41, 5.74) is 1.29. The zero-order valence-corrected chi connectivity index (χ0v) is 46.4. The first-order valence-electron chi connectivity index (χ1n) is 26.8. The molecule has 4 rings (SSSR count). The lowest BCUT2D eigenvalue weighted by Gasteiger charge is -2.42. The fourth-order valence-corrected chi connectivity index (χ4v) is 12.0. The molecule has 1 unspecified atom stereocenters. The van der Waals surface area contributed by atoms with Crippen molar-refractivity contribution in [1.82, 2.24) is 4.90 Å². The minimum absolute atomic E-state index is 0.00652. The van der Waals surface area contributed by atoms with Crippen LogP contribution in [-0.4, -0.2) is 142 Å². The number of nitrogens with zero attached hydrogens (tertiary/aromatic N) is 1. The number of aliphatic hydroxyl groups excluding tert-OH is 1. The van der Waals surface area contributed by atoms with Gasteiger partial charge in [-0.05, 0) is 113 Å². The van der Waals surface area contributed by atoms with E-state index in [1.54, 1.807) is 41.1 Å². The Labute approximate surface area is 427 Å². The molecule has 2 bridgehead atoms. The lowest BCUT2D eigenvalue weighted by Crippen LogP contribution is -2.61. The van der Waals surface area contributed by atoms with Gasteiger partial charge < -0.3 is 43.5 Å². The molecule has 2 N–H and O–H groups in total. The van der Waals surface area contributed by atoms with Crippen molar-refractivity contribution in [2.24, 2.45) is 35.5 Å². The minimum Gasteiger partial charge on any atom is -0.460 e. The maximum Gasteiger partial charge on any atom is 0.329 e. The molecule has 0 aromatic rings. The first kappa shape index (κ1) is 60.4. The molecule has 402 valence electrons. The smallest absolute Gasteiger partial charge is 0.329 e. The molecule has 1 saturated carbocycles. The summed E-state index contributed by atoms with van der Waals surface area (Å²) in [4.78, 5) is 72.5. The number of rotatable bonds is 11. The van der Waals surface area contributed by atoms with Crippen LogP contribution in [0.5, 0.6) is 0 Å². The van der Waals surface area contributed by atoms with Crippen molar-refractivity contribution in [3.63, 3.8) is 0 Å². The molecule has 0 aromatic heterocycles. The monoisotopic (exact) mass is 1010 g/mol. The summed E-state index contributed by atoms with van der Waals surface area (Å²) in [7, 11) is 4.03. The second-order valence-electron chi connectivity index (χ2n) is 22.0.